The maximum atomic E-state index is 12.6. The molecule has 0 aromatic heterocycles. The lowest BCUT2D eigenvalue weighted by atomic mass is 10.1. The average molecular weight is 446 g/mol. The molecule has 0 radical (unpaired) electrons. The van der Waals surface area contributed by atoms with E-state index in [1.165, 1.54) is 12.1 Å². The molecule has 1 aliphatic rings. The van der Waals surface area contributed by atoms with Gasteiger partial charge in [0.05, 0.1) is 18.0 Å². The number of piperidine rings is 1. The molecule has 31 heavy (non-hydrogen) atoms. The number of sulfonamides is 1. The predicted molar refractivity (Wildman–Crippen MR) is 116 cm³/mol. The summed E-state index contributed by atoms with van der Waals surface area (Å²) in [6.07, 6.45) is 1.02. The number of benzene rings is 2. The summed E-state index contributed by atoms with van der Waals surface area (Å²) in [5.74, 6) is 0.136. The minimum absolute atomic E-state index is 0.0870. The van der Waals surface area contributed by atoms with Crippen molar-refractivity contribution < 1.29 is 22.7 Å². The zero-order valence-electron chi connectivity index (χ0n) is 17.4. The number of amides is 2. The van der Waals surface area contributed by atoms with Gasteiger partial charge in [-0.3, -0.25) is 9.59 Å². The summed E-state index contributed by atoms with van der Waals surface area (Å²) in [6.45, 7) is 3.14. The smallest absolute Gasteiger partial charge is 0.251 e. The highest BCUT2D eigenvalue weighted by atomic mass is 32.2. The molecule has 2 aromatic rings. The first-order valence-electron chi connectivity index (χ1n) is 10.3. The summed E-state index contributed by atoms with van der Waals surface area (Å²) in [5, 5.41) is 2.63. The van der Waals surface area contributed by atoms with E-state index >= 15 is 0 Å². The molecule has 2 amide bonds. The number of nitrogens with zero attached hydrogens (tertiary/aromatic N) is 1. The highest BCUT2D eigenvalue weighted by molar-refractivity contribution is 7.89. The number of nitrogens with one attached hydrogen (secondary N) is 2. The summed E-state index contributed by atoms with van der Waals surface area (Å²) in [4.78, 5) is 26.3. The Labute approximate surface area is 182 Å². The molecule has 1 fully saturated rings. The predicted octanol–water partition coefficient (Wildman–Crippen LogP) is 1.78. The number of carbonyl (C=O) groups is 2. The molecule has 166 valence electrons. The number of ether oxygens (including phenoxy) is 1. The first-order chi connectivity index (χ1) is 14.9. The highest BCUT2D eigenvalue weighted by Gasteiger charge is 2.26. The molecule has 0 unspecified atom stereocenters. The highest BCUT2D eigenvalue weighted by Crippen LogP contribution is 2.18. The van der Waals surface area contributed by atoms with E-state index in [1.807, 2.05) is 13.0 Å². The summed E-state index contributed by atoms with van der Waals surface area (Å²) < 4.78 is 33.3. The molecule has 1 aliphatic heterocycles. The summed E-state index contributed by atoms with van der Waals surface area (Å²) in [5.41, 5.74) is 0.498. The Morgan fingerprint density at radius 3 is 2.29 bits per heavy atom. The SMILES string of the molecule is CCOc1ccc(S(=O)(=O)NC2CCN(C(=O)CNC(=O)c3ccccc3)CC2)cc1. The van der Waals surface area contributed by atoms with Crippen LogP contribution in [0.5, 0.6) is 5.75 Å². The fourth-order valence-corrected chi connectivity index (χ4v) is 4.68. The van der Waals surface area contributed by atoms with E-state index in [1.54, 1.807) is 41.3 Å². The molecule has 0 spiro atoms. The van der Waals surface area contributed by atoms with Crippen LogP contribution in [0, 0.1) is 0 Å². The van der Waals surface area contributed by atoms with Gasteiger partial charge in [0.2, 0.25) is 15.9 Å². The molecular formula is C22H27N3O5S. The van der Waals surface area contributed by atoms with E-state index in [2.05, 4.69) is 10.0 Å². The van der Waals surface area contributed by atoms with Gasteiger partial charge in [-0.05, 0) is 56.2 Å². The van der Waals surface area contributed by atoms with Crippen molar-refractivity contribution >= 4 is 21.8 Å². The molecule has 0 saturated carbocycles. The number of hydrogen-bond donors (Lipinski definition) is 2. The van der Waals surface area contributed by atoms with Gasteiger partial charge in [0.15, 0.2) is 0 Å². The number of hydrogen-bond acceptors (Lipinski definition) is 5. The van der Waals surface area contributed by atoms with E-state index < -0.39 is 10.0 Å². The van der Waals surface area contributed by atoms with Crippen LogP contribution in [0.3, 0.4) is 0 Å². The van der Waals surface area contributed by atoms with Crippen LogP contribution in [0.15, 0.2) is 59.5 Å². The minimum atomic E-state index is -3.65. The van der Waals surface area contributed by atoms with Crippen molar-refractivity contribution in [1.29, 1.82) is 0 Å². The second-order valence-electron chi connectivity index (χ2n) is 7.23. The summed E-state index contributed by atoms with van der Waals surface area (Å²) in [7, 11) is -3.65. The monoisotopic (exact) mass is 445 g/mol. The molecule has 3 rings (SSSR count). The summed E-state index contributed by atoms with van der Waals surface area (Å²) in [6, 6.07) is 14.7. The Balaban J connectivity index is 1.46. The first kappa shape index (κ1) is 22.8. The molecule has 0 aliphatic carbocycles. The van der Waals surface area contributed by atoms with Crippen molar-refractivity contribution in [2.45, 2.75) is 30.7 Å². The molecule has 2 aromatic carbocycles. The van der Waals surface area contributed by atoms with Crippen LogP contribution in [0.25, 0.3) is 0 Å². The topological polar surface area (TPSA) is 105 Å². The Hall–Kier alpha value is -2.91. The molecule has 9 heteroatoms. The van der Waals surface area contributed by atoms with E-state index in [9.17, 15) is 18.0 Å². The van der Waals surface area contributed by atoms with Crippen molar-refractivity contribution in [2.24, 2.45) is 0 Å². The lowest BCUT2D eigenvalue weighted by molar-refractivity contribution is -0.131. The van der Waals surface area contributed by atoms with Crippen molar-refractivity contribution in [3.63, 3.8) is 0 Å². The van der Waals surface area contributed by atoms with Crippen LogP contribution < -0.4 is 14.8 Å². The number of rotatable bonds is 8. The van der Waals surface area contributed by atoms with Gasteiger partial charge < -0.3 is 15.0 Å². The Kier molecular flexibility index (Phi) is 7.64. The number of likely N-dealkylation sites (tertiary alicyclic amines) is 1. The molecule has 1 heterocycles. The molecule has 8 nitrogen and oxygen atoms in total. The van der Waals surface area contributed by atoms with Crippen molar-refractivity contribution in [2.75, 3.05) is 26.2 Å². The lowest BCUT2D eigenvalue weighted by Gasteiger charge is -2.32. The zero-order chi connectivity index (χ0) is 22.3. The fourth-order valence-electron chi connectivity index (χ4n) is 3.38. The summed E-state index contributed by atoms with van der Waals surface area (Å²) >= 11 is 0. The van der Waals surface area contributed by atoms with Gasteiger partial charge in [-0.25, -0.2) is 13.1 Å². The Morgan fingerprint density at radius 2 is 1.68 bits per heavy atom. The standard InChI is InChI=1S/C22H27N3O5S/c1-2-30-19-8-10-20(11-9-19)31(28,29)24-18-12-14-25(15-13-18)21(26)16-23-22(27)17-6-4-3-5-7-17/h3-11,18,24H,2,12-16H2,1H3,(H,23,27). The molecule has 1 saturated heterocycles. The molecule has 2 N–H and O–H groups in total. The van der Waals surface area contributed by atoms with Gasteiger partial charge in [-0.2, -0.15) is 0 Å². The fraction of sp³-hybridized carbons (Fsp3) is 0.364. The zero-order valence-corrected chi connectivity index (χ0v) is 18.2. The third kappa shape index (κ3) is 6.28. The van der Waals surface area contributed by atoms with Gasteiger partial charge in [0, 0.05) is 24.7 Å². The molecular weight excluding hydrogens is 418 g/mol. The van der Waals surface area contributed by atoms with Crippen molar-refractivity contribution in [3.8, 4) is 5.75 Å². The number of carbonyl (C=O) groups excluding carboxylic acids is 2. The van der Waals surface area contributed by atoms with E-state index in [0.717, 1.165) is 0 Å². The maximum absolute atomic E-state index is 12.6. The van der Waals surface area contributed by atoms with Gasteiger partial charge in [-0.15, -0.1) is 0 Å². The van der Waals surface area contributed by atoms with Gasteiger partial charge in [0.25, 0.3) is 5.91 Å². The second kappa shape index (κ2) is 10.4. The largest absolute Gasteiger partial charge is 0.494 e. The van der Waals surface area contributed by atoms with Gasteiger partial charge in [0.1, 0.15) is 5.75 Å². The van der Waals surface area contributed by atoms with Gasteiger partial charge in [-0.1, -0.05) is 18.2 Å². The molecule has 0 bridgehead atoms. The van der Waals surface area contributed by atoms with Crippen LogP contribution in [0.2, 0.25) is 0 Å². The maximum Gasteiger partial charge on any atom is 0.251 e. The normalized spacial score (nSPS) is 14.8. The minimum Gasteiger partial charge on any atom is -0.494 e. The third-order valence-electron chi connectivity index (χ3n) is 5.05. The third-order valence-corrected chi connectivity index (χ3v) is 6.59. The van der Waals surface area contributed by atoms with E-state index in [0.29, 0.717) is 43.9 Å². The Morgan fingerprint density at radius 1 is 1.03 bits per heavy atom. The van der Waals surface area contributed by atoms with Crippen LogP contribution in [-0.4, -0.2) is 57.4 Å². The Bertz CT molecular complexity index is 986. The first-order valence-corrected chi connectivity index (χ1v) is 11.7. The van der Waals surface area contributed by atoms with Crippen LogP contribution in [0.1, 0.15) is 30.1 Å². The van der Waals surface area contributed by atoms with Crippen LogP contribution in [0.4, 0.5) is 0 Å². The van der Waals surface area contributed by atoms with Crippen LogP contribution in [-0.2, 0) is 14.8 Å². The second-order valence-corrected chi connectivity index (χ2v) is 8.94. The van der Waals surface area contributed by atoms with Crippen LogP contribution >= 0.6 is 0 Å². The average Bonchev–Trinajstić information content (AvgIpc) is 2.78. The lowest BCUT2D eigenvalue weighted by Crippen LogP contribution is -2.48. The van der Waals surface area contributed by atoms with Crippen molar-refractivity contribution in [3.05, 3.63) is 60.2 Å². The van der Waals surface area contributed by atoms with Crippen molar-refractivity contribution in [1.82, 2.24) is 14.9 Å². The quantitative estimate of drug-likeness (QED) is 0.645. The van der Waals surface area contributed by atoms with Gasteiger partial charge >= 0.3 is 0 Å². The molecule has 0 atom stereocenters. The van der Waals surface area contributed by atoms with E-state index in [-0.39, 0.29) is 29.3 Å². The van der Waals surface area contributed by atoms with E-state index in [4.69, 9.17) is 4.74 Å².